The molecule has 0 radical (unpaired) electrons. The van der Waals surface area contributed by atoms with Crippen LogP contribution in [0.2, 0.25) is 0 Å². The van der Waals surface area contributed by atoms with E-state index in [1.165, 1.54) is 0 Å². The smallest absolute Gasteiger partial charge is 0.145 e. The molecule has 0 aliphatic carbocycles. The Morgan fingerprint density at radius 1 is 1.11 bits per heavy atom. The van der Waals surface area contributed by atoms with Crippen LogP contribution in [-0.2, 0) is 6.61 Å². The Morgan fingerprint density at radius 3 is 2.61 bits per heavy atom. The molecule has 0 fully saturated rings. The summed E-state index contributed by atoms with van der Waals surface area (Å²) in [7, 11) is 1.65. The fourth-order valence-electron chi connectivity index (χ4n) is 1.79. The van der Waals surface area contributed by atoms with E-state index in [2.05, 4.69) is 0 Å². The highest BCUT2D eigenvalue weighted by Crippen LogP contribution is 2.26. The van der Waals surface area contributed by atoms with Gasteiger partial charge >= 0.3 is 0 Å². The number of ether oxygens (including phenoxy) is 2. The molecule has 0 aliphatic heterocycles. The van der Waals surface area contributed by atoms with Crippen molar-refractivity contribution in [1.29, 1.82) is 0 Å². The van der Waals surface area contributed by atoms with Gasteiger partial charge in [-0.3, -0.25) is 0 Å². The number of rotatable bonds is 4. The minimum atomic E-state index is 0.478. The first kappa shape index (κ1) is 12.3. The topological polar surface area (TPSA) is 44.5 Å². The van der Waals surface area contributed by atoms with Crippen molar-refractivity contribution in [3.05, 3.63) is 53.6 Å². The van der Waals surface area contributed by atoms with Crippen LogP contribution in [0.5, 0.6) is 11.5 Å². The molecule has 0 heterocycles. The third-order valence-corrected chi connectivity index (χ3v) is 2.76. The predicted octanol–water partition coefficient (Wildman–Crippen LogP) is 3.16. The number of nitrogen functional groups attached to an aromatic ring is 1. The van der Waals surface area contributed by atoms with E-state index >= 15 is 0 Å². The van der Waals surface area contributed by atoms with Crippen molar-refractivity contribution in [1.82, 2.24) is 0 Å². The van der Waals surface area contributed by atoms with Crippen LogP contribution in [0.25, 0.3) is 0 Å². The highest BCUT2D eigenvalue weighted by molar-refractivity contribution is 5.56. The molecule has 2 N–H and O–H groups in total. The molecule has 2 aromatic rings. The van der Waals surface area contributed by atoms with Crippen LogP contribution in [0.1, 0.15) is 11.1 Å². The van der Waals surface area contributed by atoms with Crippen molar-refractivity contribution < 1.29 is 9.47 Å². The Morgan fingerprint density at radius 2 is 1.89 bits per heavy atom. The number of para-hydroxylation sites is 1. The summed E-state index contributed by atoms with van der Waals surface area (Å²) in [4.78, 5) is 0. The number of benzene rings is 2. The summed E-state index contributed by atoms with van der Waals surface area (Å²) in [5.41, 5.74) is 8.65. The third-order valence-electron chi connectivity index (χ3n) is 2.76. The van der Waals surface area contributed by atoms with Gasteiger partial charge in [-0.25, -0.2) is 0 Å². The maximum atomic E-state index is 5.89. The van der Waals surface area contributed by atoms with E-state index in [0.29, 0.717) is 12.3 Å². The lowest BCUT2D eigenvalue weighted by Gasteiger charge is -2.12. The average Bonchev–Trinajstić information content (AvgIpc) is 2.38. The molecule has 18 heavy (non-hydrogen) atoms. The number of methoxy groups -OCH3 is 1. The normalized spacial score (nSPS) is 10.1. The fraction of sp³-hybridized carbons (Fsp3) is 0.200. The SMILES string of the molecule is COc1cccc(COc2c(C)cccc2N)c1. The zero-order valence-electron chi connectivity index (χ0n) is 10.6. The quantitative estimate of drug-likeness (QED) is 0.839. The second-order valence-electron chi connectivity index (χ2n) is 4.13. The first-order chi connectivity index (χ1) is 8.70. The molecule has 0 unspecified atom stereocenters. The van der Waals surface area contributed by atoms with Crippen molar-refractivity contribution >= 4 is 5.69 Å². The van der Waals surface area contributed by atoms with Crippen molar-refractivity contribution in [3.8, 4) is 11.5 Å². The molecule has 0 spiro atoms. The first-order valence-electron chi connectivity index (χ1n) is 5.81. The van der Waals surface area contributed by atoms with E-state index in [4.69, 9.17) is 15.2 Å². The molecule has 3 heteroatoms. The van der Waals surface area contributed by atoms with Gasteiger partial charge in [0.05, 0.1) is 12.8 Å². The van der Waals surface area contributed by atoms with Crippen LogP contribution in [0.4, 0.5) is 5.69 Å². The number of hydrogen-bond donors (Lipinski definition) is 1. The van der Waals surface area contributed by atoms with Crippen molar-refractivity contribution in [2.45, 2.75) is 13.5 Å². The van der Waals surface area contributed by atoms with E-state index in [0.717, 1.165) is 22.6 Å². The Bertz CT molecular complexity index is 518. The van der Waals surface area contributed by atoms with Gasteiger partial charge in [-0.2, -0.15) is 0 Å². The van der Waals surface area contributed by atoms with Gasteiger partial charge in [0.25, 0.3) is 0 Å². The van der Waals surface area contributed by atoms with Gasteiger partial charge in [-0.15, -0.1) is 0 Å². The van der Waals surface area contributed by atoms with Gasteiger partial charge in [-0.1, -0.05) is 24.3 Å². The number of hydrogen-bond acceptors (Lipinski definition) is 3. The number of nitrogens with two attached hydrogens (primary N) is 1. The van der Waals surface area contributed by atoms with Crippen molar-refractivity contribution in [2.75, 3.05) is 12.8 Å². The third kappa shape index (κ3) is 2.74. The van der Waals surface area contributed by atoms with Gasteiger partial charge in [0.1, 0.15) is 18.1 Å². The van der Waals surface area contributed by atoms with Crippen LogP contribution >= 0.6 is 0 Å². The minimum Gasteiger partial charge on any atom is -0.497 e. The molecule has 0 aromatic heterocycles. The lowest BCUT2D eigenvalue weighted by molar-refractivity contribution is 0.305. The van der Waals surface area contributed by atoms with E-state index in [1.807, 2.05) is 49.4 Å². The lowest BCUT2D eigenvalue weighted by atomic mass is 10.2. The van der Waals surface area contributed by atoms with Crippen LogP contribution in [0.3, 0.4) is 0 Å². The van der Waals surface area contributed by atoms with E-state index in [-0.39, 0.29) is 0 Å². The monoisotopic (exact) mass is 243 g/mol. The zero-order chi connectivity index (χ0) is 13.0. The Kier molecular flexibility index (Phi) is 3.72. The molecule has 0 bridgehead atoms. The Hall–Kier alpha value is -2.16. The van der Waals surface area contributed by atoms with Crippen molar-refractivity contribution in [3.63, 3.8) is 0 Å². The number of aryl methyl sites for hydroxylation is 1. The lowest BCUT2D eigenvalue weighted by Crippen LogP contribution is -2.00. The highest BCUT2D eigenvalue weighted by atomic mass is 16.5. The van der Waals surface area contributed by atoms with Gasteiger partial charge in [0.15, 0.2) is 0 Å². The van der Waals surface area contributed by atoms with Crippen LogP contribution < -0.4 is 15.2 Å². The molecular weight excluding hydrogens is 226 g/mol. The van der Waals surface area contributed by atoms with Gasteiger partial charge < -0.3 is 15.2 Å². The largest absolute Gasteiger partial charge is 0.497 e. The van der Waals surface area contributed by atoms with Crippen molar-refractivity contribution in [2.24, 2.45) is 0 Å². The molecule has 3 nitrogen and oxygen atoms in total. The molecule has 0 aliphatic rings. The summed E-state index contributed by atoms with van der Waals surface area (Å²) in [6, 6.07) is 13.5. The molecule has 0 saturated carbocycles. The molecule has 94 valence electrons. The standard InChI is InChI=1S/C15H17NO2/c1-11-5-3-8-14(16)15(11)18-10-12-6-4-7-13(9-12)17-2/h3-9H,10,16H2,1-2H3. The summed E-state index contributed by atoms with van der Waals surface area (Å²) in [5.74, 6) is 1.58. The molecule has 0 amide bonds. The zero-order valence-corrected chi connectivity index (χ0v) is 10.6. The van der Waals surface area contributed by atoms with E-state index < -0.39 is 0 Å². The van der Waals surface area contributed by atoms with E-state index in [9.17, 15) is 0 Å². The predicted molar refractivity (Wildman–Crippen MR) is 72.9 cm³/mol. The molecule has 2 rings (SSSR count). The second kappa shape index (κ2) is 5.45. The maximum Gasteiger partial charge on any atom is 0.145 e. The summed E-state index contributed by atoms with van der Waals surface area (Å²) >= 11 is 0. The summed E-state index contributed by atoms with van der Waals surface area (Å²) in [5, 5.41) is 0. The van der Waals surface area contributed by atoms with Gasteiger partial charge in [0, 0.05) is 0 Å². The first-order valence-corrected chi connectivity index (χ1v) is 5.81. The summed E-state index contributed by atoms with van der Waals surface area (Å²) in [6.07, 6.45) is 0. The second-order valence-corrected chi connectivity index (χ2v) is 4.13. The summed E-state index contributed by atoms with van der Waals surface area (Å²) < 4.78 is 10.9. The number of anilines is 1. The van der Waals surface area contributed by atoms with Gasteiger partial charge in [0.2, 0.25) is 0 Å². The minimum absolute atomic E-state index is 0.478. The van der Waals surface area contributed by atoms with Crippen LogP contribution in [0, 0.1) is 6.92 Å². The van der Waals surface area contributed by atoms with E-state index in [1.54, 1.807) is 7.11 Å². The molecule has 0 atom stereocenters. The molecule has 0 saturated heterocycles. The fourth-order valence-corrected chi connectivity index (χ4v) is 1.79. The molecule has 2 aromatic carbocycles. The maximum absolute atomic E-state index is 5.89. The average molecular weight is 243 g/mol. The van der Waals surface area contributed by atoms with Crippen LogP contribution in [-0.4, -0.2) is 7.11 Å². The Labute approximate surface area is 107 Å². The van der Waals surface area contributed by atoms with Gasteiger partial charge in [-0.05, 0) is 36.2 Å². The summed E-state index contributed by atoms with van der Waals surface area (Å²) in [6.45, 7) is 2.46. The molecular formula is C15H17NO2. The Balaban J connectivity index is 2.11. The van der Waals surface area contributed by atoms with Crippen LogP contribution in [0.15, 0.2) is 42.5 Å². The highest BCUT2D eigenvalue weighted by Gasteiger charge is 2.04.